The highest BCUT2D eigenvalue weighted by Crippen LogP contribution is 2.32. The Hall–Kier alpha value is -2.56. The van der Waals surface area contributed by atoms with Crippen LogP contribution in [0.3, 0.4) is 0 Å². The molecule has 0 spiro atoms. The molecule has 0 aliphatic carbocycles. The Labute approximate surface area is 155 Å². The number of likely N-dealkylation sites (N-methyl/N-ethyl adjacent to an activating group) is 1. The molecule has 3 rings (SSSR count). The van der Waals surface area contributed by atoms with Crippen molar-refractivity contribution in [3.05, 3.63) is 95.6 Å². The molecule has 1 aromatic heterocycles. The Bertz CT molecular complexity index is 808. The van der Waals surface area contributed by atoms with Gasteiger partial charge in [-0.05, 0) is 38.1 Å². The highest BCUT2D eigenvalue weighted by molar-refractivity contribution is 5.25. The first-order valence-electron chi connectivity index (χ1n) is 8.91. The van der Waals surface area contributed by atoms with E-state index >= 15 is 0 Å². The smallest absolute Gasteiger partial charge is 0.162 e. The predicted molar refractivity (Wildman–Crippen MR) is 104 cm³/mol. The van der Waals surface area contributed by atoms with Crippen LogP contribution in [0.15, 0.2) is 72.9 Å². The molecule has 0 saturated carbocycles. The van der Waals surface area contributed by atoms with Gasteiger partial charge in [0, 0.05) is 17.9 Å². The van der Waals surface area contributed by atoms with Crippen LogP contribution in [-0.4, -0.2) is 23.1 Å². The zero-order valence-electron chi connectivity index (χ0n) is 15.5. The molecule has 134 valence electrons. The minimum Gasteiger partial charge on any atom is -0.356 e. The third kappa shape index (κ3) is 4.34. The van der Waals surface area contributed by atoms with Crippen LogP contribution in [0.4, 0.5) is 0 Å². The molecule has 1 N–H and O–H groups in total. The summed E-state index contributed by atoms with van der Waals surface area (Å²) in [6.07, 6.45) is 1.32. The van der Waals surface area contributed by atoms with Crippen LogP contribution in [-0.2, 0) is 4.74 Å². The molecule has 0 saturated heterocycles. The molecule has 0 unspecified atom stereocenters. The second kappa shape index (κ2) is 8.70. The molecule has 0 radical (unpaired) electrons. The van der Waals surface area contributed by atoms with Crippen LogP contribution in [0.2, 0.25) is 0 Å². The maximum atomic E-state index is 6.63. The van der Waals surface area contributed by atoms with Crippen molar-refractivity contribution >= 4 is 0 Å². The van der Waals surface area contributed by atoms with E-state index < -0.39 is 0 Å². The molecule has 0 aliphatic heterocycles. The lowest BCUT2D eigenvalue weighted by Gasteiger charge is -2.29. The summed E-state index contributed by atoms with van der Waals surface area (Å²) in [7, 11) is 1.95. The Balaban J connectivity index is 2.00. The van der Waals surface area contributed by atoms with Gasteiger partial charge in [-0.3, -0.25) is 0 Å². The number of rotatable bonds is 7. The van der Waals surface area contributed by atoms with E-state index in [0.29, 0.717) is 5.82 Å². The van der Waals surface area contributed by atoms with Gasteiger partial charge in [0.05, 0.1) is 6.10 Å². The molecular formula is C22H25N3O. The van der Waals surface area contributed by atoms with E-state index in [-0.39, 0.29) is 18.2 Å². The van der Waals surface area contributed by atoms with Crippen LogP contribution >= 0.6 is 0 Å². The largest absolute Gasteiger partial charge is 0.356 e. The predicted octanol–water partition coefficient (Wildman–Crippen LogP) is 4.24. The number of nitrogens with zero attached hydrogens (tertiary/aromatic N) is 2. The van der Waals surface area contributed by atoms with Crippen molar-refractivity contribution in [1.29, 1.82) is 0 Å². The van der Waals surface area contributed by atoms with E-state index in [2.05, 4.69) is 46.5 Å². The Morgan fingerprint density at radius 1 is 0.885 bits per heavy atom. The first kappa shape index (κ1) is 18.2. The Morgan fingerprint density at radius 3 is 2.08 bits per heavy atom. The molecule has 3 aromatic rings. The molecule has 2 aromatic carbocycles. The average molecular weight is 347 g/mol. The summed E-state index contributed by atoms with van der Waals surface area (Å²) in [4.78, 5) is 9.12. The fourth-order valence-corrected chi connectivity index (χ4v) is 2.94. The standard InChI is InChI=1S/C22H25N3O/c1-16-14-15-24-22(25-16)21(19-12-8-5-9-13-19)26-20(17(2)23-3)18-10-6-4-7-11-18/h4-15,17,20-21,23H,1-3H3/t17-,20+,21-/m1/s1. The number of ether oxygens (including phenoxy) is 1. The molecule has 4 heteroatoms. The number of hydrogen-bond donors (Lipinski definition) is 1. The summed E-state index contributed by atoms with van der Waals surface area (Å²) in [5.74, 6) is 0.681. The summed E-state index contributed by atoms with van der Waals surface area (Å²) in [6, 6.07) is 22.5. The highest BCUT2D eigenvalue weighted by Gasteiger charge is 2.27. The fourth-order valence-electron chi connectivity index (χ4n) is 2.94. The molecule has 0 aliphatic rings. The third-order valence-corrected chi connectivity index (χ3v) is 4.47. The second-order valence-electron chi connectivity index (χ2n) is 6.39. The molecule has 0 bridgehead atoms. The Kier molecular flexibility index (Phi) is 6.10. The summed E-state index contributed by atoms with van der Waals surface area (Å²) in [5, 5.41) is 3.32. The minimum absolute atomic E-state index is 0.129. The van der Waals surface area contributed by atoms with Crippen LogP contribution in [0, 0.1) is 6.92 Å². The Morgan fingerprint density at radius 2 is 1.50 bits per heavy atom. The lowest BCUT2D eigenvalue weighted by atomic mass is 10.0. The molecule has 4 nitrogen and oxygen atoms in total. The quantitative estimate of drug-likeness (QED) is 0.694. The normalized spacial score (nSPS) is 14.6. The molecule has 0 amide bonds. The lowest BCUT2D eigenvalue weighted by Crippen LogP contribution is -2.32. The van der Waals surface area contributed by atoms with E-state index in [0.717, 1.165) is 16.8 Å². The monoisotopic (exact) mass is 347 g/mol. The summed E-state index contributed by atoms with van der Waals surface area (Å²) >= 11 is 0. The van der Waals surface area contributed by atoms with Crippen LogP contribution in [0.25, 0.3) is 0 Å². The van der Waals surface area contributed by atoms with Gasteiger partial charge < -0.3 is 10.1 Å². The van der Waals surface area contributed by atoms with Gasteiger partial charge in [0.1, 0.15) is 6.10 Å². The van der Waals surface area contributed by atoms with Gasteiger partial charge >= 0.3 is 0 Å². The van der Waals surface area contributed by atoms with E-state index in [1.807, 2.05) is 56.4 Å². The van der Waals surface area contributed by atoms with Crippen molar-refractivity contribution in [2.24, 2.45) is 0 Å². The highest BCUT2D eigenvalue weighted by atomic mass is 16.5. The van der Waals surface area contributed by atoms with E-state index in [1.165, 1.54) is 0 Å². The fraction of sp³-hybridized carbons (Fsp3) is 0.273. The summed E-state index contributed by atoms with van der Waals surface area (Å²) in [6.45, 7) is 4.09. The lowest BCUT2D eigenvalue weighted by molar-refractivity contribution is -0.0149. The SMILES string of the molecule is CN[C@H](C)[C@H](O[C@H](c1ccccc1)c1nccc(C)n1)c1ccccc1. The van der Waals surface area contributed by atoms with Gasteiger partial charge in [-0.15, -0.1) is 0 Å². The molecule has 3 atom stereocenters. The zero-order valence-corrected chi connectivity index (χ0v) is 15.5. The third-order valence-electron chi connectivity index (χ3n) is 4.47. The van der Waals surface area contributed by atoms with Gasteiger partial charge in [-0.2, -0.15) is 0 Å². The second-order valence-corrected chi connectivity index (χ2v) is 6.39. The van der Waals surface area contributed by atoms with E-state index in [9.17, 15) is 0 Å². The zero-order chi connectivity index (χ0) is 18.4. The van der Waals surface area contributed by atoms with Crippen molar-refractivity contribution in [3.8, 4) is 0 Å². The number of benzene rings is 2. The topological polar surface area (TPSA) is 47.0 Å². The number of hydrogen-bond acceptors (Lipinski definition) is 4. The van der Waals surface area contributed by atoms with E-state index in [4.69, 9.17) is 4.74 Å². The van der Waals surface area contributed by atoms with Crippen molar-refractivity contribution < 1.29 is 4.74 Å². The van der Waals surface area contributed by atoms with E-state index in [1.54, 1.807) is 6.20 Å². The maximum Gasteiger partial charge on any atom is 0.162 e. The number of aryl methyl sites for hydroxylation is 1. The van der Waals surface area contributed by atoms with Crippen molar-refractivity contribution in [3.63, 3.8) is 0 Å². The first-order chi connectivity index (χ1) is 12.7. The van der Waals surface area contributed by atoms with Gasteiger partial charge in [0.15, 0.2) is 5.82 Å². The van der Waals surface area contributed by atoms with Crippen molar-refractivity contribution in [2.75, 3.05) is 7.05 Å². The first-order valence-corrected chi connectivity index (χ1v) is 8.91. The summed E-state index contributed by atoms with van der Waals surface area (Å²) in [5.41, 5.74) is 3.10. The number of aromatic nitrogens is 2. The van der Waals surface area contributed by atoms with Crippen LogP contribution in [0.5, 0.6) is 0 Å². The van der Waals surface area contributed by atoms with Gasteiger partial charge in [0.25, 0.3) is 0 Å². The minimum atomic E-state index is -0.336. The van der Waals surface area contributed by atoms with Crippen molar-refractivity contribution in [2.45, 2.75) is 32.1 Å². The molecular weight excluding hydrogens is 322 g/mol. The summed E-state index contributed by atoms with van der Waals surface area (Å²) < 4.78 is 6.63. The van der Waals surface area contributed by atoms with Gasteiger partial charge in [-0.25, -0.2) is 9.97 Å². The van der Waals surface area contributed by atoms with Gasteiger partial charge in [-0.1, -0.05) is 60.7 Å². The molecule has 26 heavy (non-hydrogen) atoms. The van der Waals surface area contributed by atoms with Crippen molar-refractivity contribution in [1.82, 2.24) is 15.3 Å². The van der Waals surface area contributed by atoms with Crippen LogP contribution in [0.1, 0.15) is 41.8 Å². The molecule has 0 fully saturated rings. The molecule has 1 heterocycles. The van der Waals surface area contributed by atoms with Crippen LogP contribution < -0.4 is 5.32 Å². The average Bonchev–Trinajstić information content (AvgIpc) is 2.69. The number of nitrogens with one attached hydrogen (secondary N) is 1. The maximum absolute atomic E-state index is 6.63. The van der Waals surface area contributed by atoms with Gasteiger partial charge in [0.2, 0.25) is 0 Å².